The Kier molecular flexibility index (Phi) is 15.2. The summed E-state index contributed by atoms with van der Waals surface area (Å²) in [4.78, 5) is 7.27. The molecule has 0 atom stereocenters. The zero-order valence-corrected chi connectivity index (χ0v) is 66.4. The fraction of sp³-hybridized carbons (Fsp3) is 0.0270. The molecule has 121 heavy (non-hydrogen) atoms. The van der Waals surface area contributed by atoms with Crippen LogP contribution in [-0.4, -0.2) is 4.57 Å². The van der Waals surface area contributed by atoms with E-state index in [1.54, 1.807) is 0 Å². The van der Waals surface area contributed by atoms with Crippen LogP contribution in [0.2, 0.25) is 0 Å². The molecule has 0 fully saturated rings. The highest BCUT2D eigenvalue weighted by Crippen LogP contribution is 2.55. The Morgan fingerprint density at radius 2 is 0.512 bits per heavy atom. The number of hydrogen-bond donors (Lipinski definition) is 0. The SMILES string of the molecule is CC1(C)c2ccccc2N(c2ccc(-c3cccc4oc5ccc6c7ccccc7oc6c5c34)cc2)c2ccccc21.c1ccc2c(c1)Sc1ccccc1N2c1ccc(-c2cccc3oc4ccc5c6ccccc6oc5c4c23)cc1.c1ccc2c(c1)oc1c2ccc2oc3cccc(-c4ccc(-n5c6ccccc6c6ccccc65)cc4)c3c21. The number of nitrogens with zero attached hydrogens (tertiary/aromatic N) is 3. The maximum Gasteiger partial charge on any atom is 0.147 e. The van der Waals surface area contributed by atoms with E-state index < -0.39 is 0 Å². The largest absolute Gasteiger partial charge is 0.456 e. The lowest BCUT2D eigenvalue weighted by atomic mass is 9.73. The molecule has 0 saturated heterocycles. The van der Waals surface area contributed by atoms with E-state index in [9.17, 15) is 0 Å². The van der Waals surface area contributed by atoms with Gasteiger partial charge in [0.15, 0.2) is 0 Å². The summed E-state index contributed by atoms with van der Waals surface area (Å²) in [5.41, 5.74) is 30.5. The van der Waals surface area contributed by atoms with Crippen molar-refractivity contribution in [3.05, 3.63) is 393 Å². The summed E-state index contributed by atoms with van der Waals surface area (Å²) in [7, 11) is 0. The van der Waals surface area contributed by atoms with Gasteiger partial charge >= 0.3 is 0 Å². The Bertz CT molecular complexity index is 8410. The van der Waals surface area contributed by atoms with Gasteiger partial charge in [-0.05, 0) is 202 Å². The van der Waals surface area contributed by atoms with Crippen LogP contribution in [0, 0.1) is 0 Å². The van der Waals surface area contributed by atoms with Crippen molar-refractivity contribution in [1.29, 1.82) is 0 Å². The van der Waals surface area contributed by atoms with Gasteiger partial charge in [0.2, 0.25) is 0 Å². The molecule has 0 aliphatic carbocycles. The number of furan rings is 6. The molecule has 9 nitrogen and oxygen atoms in total. The van der Waals surface area contributed by atoms with Crippen molar-refractivity contribution >= 4 is 199 Å². The fourth-order valence-corrected chi connectivity index (χ4v) is 20.5. The Hall–Kier alpha value is -15.5. The van der Waals surface area contributed by atoms with Gasteiger partial charge in [0.25, 0.3) is 0 Å². The molecule has 570 valence electrons. The molecule has 7 aromatic heterocycles. The third-order valence-electron chi connectivity index (χ3n) is 25.0. The Balaban J connectivity index is 0.000000100. The van der Waals surface area contributed by atoms with Gasteiger partial charge in [-0.2, -0.15) is 0 Å². The molecule has 0 radical (unpaired) electrons. The van der Waals surface area contributed by atoms with Crippen molar-refractivity contribution in [1.82, 2.24) is 4.57 Å². The van der Waals surface area contributed by atoms with Gasteiger partial charge in [-0.15, -0.1) is 0 Å². The minimum atomic E-state index is -0.0798. The molecule has 0 N–H and O–H groups in total. The summed E-state index contributed by atoms with van der Waals surface area (Å²) in [6.45, 7) is 4.64. The van der Waals surface area contributed by atoms with E-state index in [1.807, 2.05) is 66.4 Å². The molecule has 0 amide bonds. The van der Waals surface area contributed by atoms with Gasteiger partial charge in [-0.25, -0.2) is 0 Å². The van der Waals surface area contributed by atoms with Gasteiger partial charge in [-0.3, -0.25) is 0 Å². The zero-order chi connectivity index (χ0) is 79.7. The average Bonchev–Trinajstić information content (AvgIpc) is 1.69. The zero-order valence-electron chi connectivity index (χ0n) is 65.6. The van der Waals surface area contributed by atoms with Crippen molar-refractivity contribution < 1.29 is 26.5 Å². The Morgan fingerprint density at radius 1 is 0.215 bits per heavy atom. The highest BCUT2D eigenvalue weighted by atomic mass is 32.2. The molecule has 2 aliphatic rings. The summed E-state index contributed by atoms with van der Waals surface area (Å²) in [5, 5.41) is 15.6. The third kappa shape index (κ3) is 10.6. The molecule has 25 aromatic rings. The van der Waals surface area contributed by atoms with Crippen LogP contribution in [0.25, 0.3) is 193 Å². The Morgan fingerprint density at radius 3 is 0.901 bits per heavy atom. The van der Waals surface area contributed by atoms with Crippen LogP contribution in [0.3, 0.4) is 0 Å². The van der Waals surface area contributed by atoms with E-state index in [1.165, 1.54) is 65.5 Å². The first-order chi connectivity index (χ1) is 59.8. The van der Waals surface area contributed by atoms with Gasteiger partial charge < -0.3 is 40.9 Å². The minimum Gasteiger partial charge on any atom is -0.456 e. The lowest BCUT2D eigenvalue weighted by Gasteiger charge is -2.42. The highest BCUT2D eigenvalue weighted by Gasteiger charge is 2.37. The van der Waals surface area contributed by atoms with Crippen molar-refractivity contribution in [2.75, 3.05) is 9.80 Å². The molecule has 10 heteroatoms. The molecule has 2 aliphatic heterocycles. The molecule has 0 spiro atoms. The van der Waals surface area contributed by atoms with Crippen LogP contribution in [0.5, 0.6) is 0 Å². The fourth-order valence-electron chi connectivity index (χ4n) is 19.5. The lowest BCUT2D eigenvalue weighted by molar-refractivity contribution is 0.632. The summed E-state index contributed by atoms with van der Waals surface area (Å²) >= 11 is 1.83. The highest BCUT2D eigenvalue weighted by molar-refractivity contribution is 7.99. The van der Waals surface area contributed by atoms with Crippen LogP contribution in [0.15, 0.2) is 418 Å². The second-order valence-corrected chi connectivity index (χ2v) is 33.0. The molecule has 18 aromatic carbocycles. The van der Waals surface area contributed by atoms with Crippen molar-refractivity contribution in [2.24, 2.45) is 0 Å². The predicted molar refractivity (Wildman–Crippen MR) is 499 cm³/mol. The van der Waals surface area contributed by atoms with E-state index in [4.69, 9.17) is 26.5 Å². The average molecular weight is 1570 g/mol. The van der Waals surface area contributed by atoms with Crippen LogP contribution >= 0.6 is 11.8 Å². The summed E-state index contributed by atoms with van der Waals surface area (Å²) in [5.74, 6) is 0. The standard InChI is InChI=1S/C39H27NO2.C36H21NO2S.C36H21NO2/c1-39(2)29-12-4-6-14-31(29)40(32-15-7-5-13-30(32)39)25-20-18-24(19-21-25)26-11-9-17-34-36(26)37-35(41-34)23-22-28-27-10-3-8-16-33(27)42-38(28)37;1-4-12-29-25(8-1)26-20-21-31-35(36(26)39-29)34-24(9-7-13-30(34)38-31)22-16-18-23(19-17-22)37-27-10-2-5-14-32(27)40-33-15-6-3-11-28(33)37;1-4-12-29-25(8-1)26-9-2-5-13-30(26)37(29)23-18-16-22(17-19-23)24-11-7-15-32-34(24)35-33(38-32)21-20-28-27-10-3-6-14-31(27)39-36(28)35/h3-23H,1-2H3;1-21H;1-21H. The number of aromatic nitrogens is 1. The number of para-hydroxylation sites is 9. The quantitative estimate of drug-likeness (QED) is 0.161. The monoisotopic (exact) mass is 1570 g/mol. The number of rotatable bonds is 6. The first kappa shape index (κ1) is 68.7. The number of hydrogen-bond acceptors (Lipinski definition) is 9. The summed E-state index contributed by atoms with van der Waals surface area (Å²) in [6.07, 6.45) is 0. The smallest absolute Gasteiger partial charge is 0.147 e. The van der Waals surface area contributed by atoms with E-state index in [0.717, 1.165) is 182 Å². The van der Waals surface area contributed by atoms with E-state index in [2.05, 4.69) is 356 Å². The van der Waals surface area contributed by atoms with E-state index >= 15 is 0 Å². The molecule has 0 bridgehead atoms. The topological polar surface area (TPSA) is 90.2 Å². The number of benzene rings is 18. The third-order valence-corrected chi connectivity index (χ3v) is 26.1. The van der Waals surface area contributed by atoms with Crippen molar-refractivity contribution in [3.63, 3.8) is 0 Å². The van der Waals surface area contributed by atoms with Crippen LogP contribution in [0.4, 0.5) is 34.1 Å². The summed E-state index contributed by atoms with van der Waals surface area (Å²) < 4.78 is 40.7. The van der Waals surface area contributed by atoms with E-state index in [-0.39, 0.29) is 5.41 Å². The second-order valence-electron chi connectivity index (χ2n) is 32.0. The predicted octanol–water partition coefficient (Wildman–Crippen LogP) is 32.6. The number of anilines is 6. The van der Waals surface area contributed by atoms with Gasteiger partial charge in [0.05, 0.1) is 49.9 Å². The lowest BCUT2D eigenvalue weighted by Crippen LogP contribution is -2.30. The molecule has 0 unspecified atom stereocenters. The first-order valence-electron chi connectivity index (χ1n) is 41.0. The number of fused-ring (bicyclic) bond motifs is 28. The van der Waals surface area contributed by atoms with E-state index in [0.29, 0.717) is 0 Å². The molecular weight excluding hydrogens is 1500 g/mol. The van der Waals surface area contributed by atoms with Gasteiger partial charge in [0, 0.05) is 91.5 Å². The van der Waals surface area contributed by atoms with Gasteiger partial charge in [0.1, 0.15) is 67.0 Å². The van der Waals surface area contributed by atoms with Gasteiger partial charge in [-0.1, -0.05) is 250 Å². The van der Waals surface area contributed by atoms with Crippen molar-refractivity contribution in [3.8, 4) is 39.1 Å². The van der Waals surface area contributed by atoms with Crippen molar-refractivity contribution in [2.45, 2.75) is 29.1 Å². The molecule has 9 heterocycles. The van der Waals surface area contributed by atoms with Crippen LogP contribution < -0.4 is 9.80 Å². The van der Waals surface area contributed by atoms with Crippen LogP contribution in [0.1, 0.15) is 25.0 Å². The van der Waals surface area contributed by atoms with Crippen LogP contribution in [-0.2, 0) is 5.41 Å². The first-order valence-corrected chi connectivity index (χ1v) is 41.8. The maximum absolute atomic E-state index is 6.44. The maximum atomic E-state index is 6.44. The normalized spacial score (nSPS) is 13.0. The molecule has 27 rings (SSSR count). The summed E-state index contributed by atoms with van der Waals surface area (Å²) in [6, 6.07) is 135. The second kappa shape index (κ2) is 26.8. The molecular formula is C111H69N3O6S. The minimum absolute atomic E-state index is 0.0798. The Labute approximate surface area is 696 Å². The molecule has 0 saturated carbocycles.